The van der Waals surface area contributed by atoms with Crippen molar-refractivity contribution in [3.05, 3.63) is 18.7 Å². The molecule has 0 spiro atoms. The number of hydrogen-bond acceptors (Lipinski definition) is 4. The van der Waals surface area contributed by atoms with E-state index in [-0.39, 0.29) is 11.9 Å². The van der Waals surface area contributed by atoms with Crippen LogP contribution in [0.15, 0.2) is 18.7 Å². The van der Waals surface area contributed by atoms with E-state index >= 15 is 0 Å². The van der Waals surface area contributed by atoms with Gasteiger partial charge in [-0.25, -0.2) is 9.97 Å². The first kappa shape index (κ1) is 10.6. The van der Waals surface area contributed by atoms with Crippen LogP contribution in [-0.2, 0) is 4.79 Å². The molecule has 5 heteroatoms. The van der Waals surface area contributed by atoms with Crippen molar-refractivity contribution >= 4 is 11.6 Å². The number of aromatic nitrogens is 2. The lowest BCUT2D eigenvalue weighted by molar-refractivity contribution is -0.116. The summed E-state index contributed by atoms with van der Waals surface area (Å²) < 4.78 is 0. The van der Waals surface area contributed by atoms with Gasteiger partial charge in [-0.3, -0.25) is 4.79 Å². The van der Waals surface area contributed by atoms with Crippen molar-refractivity contribution in [1.82, 2.24) is 15.3 Å². The molecule has 14 heavy (non-hydrogen) atoms. The van der Waals surface area contributed by atoms with E-state index in [1.807, 2.05) is 14.0 Å². The molecule has 1 heterocycles. The molecule has 1 amide bonds. The van der Waals surface area contributed by atoms with Crippen LogP contribution in [0.4, 0.5) is 5.69 Å². The largest absolute Gasteiger partial charge is 0.323 e. The number of anilines is 1. The lowest BCUT2D eigenvalue weighted by Crippen LogP contribution is -2.27. The maximum atomic E-state index is 11.4. The van der Waals surface area contributed by atoms with E-state index in [2.05, 4.69) is 20.6 Å². The lowest BCUT2D eigenvalue weighted by Gasteiger charge is -2.09. The molecule has 0 fully saturated rings. The second kappa shape index (κ2) is 5.29. The van der Waals surface area contributed by atoms with E-state index in [4.69, 9.17) is 0 Å². The number of carbonyl (C=O) groups is 1. The first-order valence-corrected chi connectivity index (χ1v) is 4.44. The summed E-state index contributed by atoms with van der Waals surface area (Å²) in [5, 5.41) is 5.69. The average Bonchev–Trinajstić information content (AvgIpc) is 2.19. The van der Waals surface area contributed by atoms with Gasteiger partial charge < -0.3 is 10.6 Å². The second-order valence-electron chi connectivity index (χ2n) is 3.07. The second-order valence-corrected chi connectivity index (χ2v) is 3.07. The summed E-state index contributed by atoms with van der Waals surface area (Å²) in [6, 6.07) is 0.166. The molecule has 1 atom stereocenters. The SMILES string of the molecule is CNC(C)CC(=O)Nc1cncnc1. The van der Waals surface area contributed by atoms with Gasteiger partial charge in [-0.1, -0.05) is 0 Å². The minimum atomic E-state index is -0.0401. The van der Waals surface area contributed by atoms with Crippen LogP contribution in [-0.4, -0.2) is 29.0 Å². The van der Waals surface area contributed by atoms with Crippen molar-refractivity contribution in [3.63, 3.8) is 0 Å². The highest BCUT2D eigenvalue weighted by molar-refractivity contribution is 5.90. The van der Waals surface area contributed by atoms with E-state index in [0.717, 1.165) is 0 Å². The molecule has 0 bridgehead atoms. The number of rotatable bonds is 4. The molecule has 0 aliphatic rings. The normalized spacial score (nSPS) is 12.1. The van der Waals surface area contributed by atoms with Crippen LogP contribution in [0, 0.1) is 0 Å². The third-order valence-electron chi connectivity index (χ3n) is 1.83. The average molecular weight is 194 g/mol. The Labute approximate surface area is 83.0 Å². The molecule has 0 aliphatic heterocycles. The highest BCUT2D eigenvalue weighted by Gasteiger charge is 2.06. The van der Waals surface area contributed by atoms with Gasteiger partial charge in [0.05, 0.1) is 18.1 Å². The zero-order valence-corrected chi connectivity index (χ0v) is 8.32. The summed E-state index contributed by atoms with van der Waals surface area (Å²) in [4.78, 5) is 19.0. The van der Waals surface area contributed by atoms with Crippen LogP contribution in [0.25, 0.3) is 0 Å². The molecule has 1 rings (SSSR count). The van der Waals surface area contributed by atoms with Crippen molar-refractivity contribution < 1.29 is 4.79 Å². The molecule has 0 aliphatic carbocycles. The van der Waals surface area contributed by atoms with Gasteiger partial charge in [0.25, 0.3) is 0 Å². The third-order valence-corrected chi connectivity index (χ3v) is 1.83. The first-order valence-electron chi connectivity index (χ1n) is 4.44. The van der Waals surface area contributed by atoms with Crippen LogP contribution < -0.4 is 10.6 Å². The Balaban J connectivity index is 2.42. The molecule has 0 aromatic carbocycles. The van der Waals surface area contributed by atoms with Crippen molar-refractivity contribution in [2.75, 3.05) is 12.4 Å². The molecule has 5 nitrogen and oxygen atoms in total. The van der Waals surface area contributed by atoms with Crippen molar-refractivity contribution in [3.8, 4) is 0 Å². The van der Waals surface area contributed by atoms with Crippen LogP contribution in [0.1, 0.15) is 13.3 Å². The summed E-state index contributed by atoms with van der Waals surface area (Å²) in [6.07, 6.45) is 4.99. The predicted molar refractivity (Wildman–Crippen MR) is 53.8 cm³/mol. The Bertz CT molecular complexity index is 288. The molecule has 0 saturated carbocycles. The van der Waals surface area contributed by atoms with E-state index in [9.17, 15) is 4.79 Å². The number of nitrogens with one attached hydrogen (secondary N) is 2. The maximum Gasteiger partial charge on any atom is 0.226 e. The smallest absolute Gasteiger partial charge is 0.226 e. The van der Waals surface area contributed by atoms with Crippen molar-refractivity contribution in [2.24, 2.45) is 0 Å². The highest BCUT2D eigenvalue weighted by Crippen LogP contribution is 2.02. The molecule has 1 unspecified atom stereocenters. The van der Waals surface area contributed by atoms with Crippen LogP contribution in [0.3, 0.4) is 0 Å². The van der Waals surface area contributed by atoms with Crippen LogP contribution in [0.2, 0.25) is 0 Å². The topological polar surface area (TPSA) is 66.9 Å². The zero-order chi connectivity index (χ0) is 10.4. The minimum Gasteiger partial charge on any atom is -0.323 e. The summed E-state index contributed by atoms with van der Waals surface area (Å²) in [5.41, 5.74) is 0.626. The first-order chi connectivity index (χ1) is 6.72. The van der Waals surface area contributed by atoms with Gasteiger partial charge in [0.2, 0.25) is 5.91 Å². The van der Waals surface area contributed by atoms with Gasteiger partial charge >= 0.3 is 0 Å². The Hall–Kier alpha value is -1.49. The summed E-state index contributed by atoms with van der Waals surface area (Å²) in [5.74, 6) is -0.0401. The number of amides is 1. The number of hydrogen-bond donors (Lipinski definition) is 2. The fourth-order valence-corrected chi connectivity index (χ4v) is 0.956. The summed E-state index contributed by atoms with van der Waals surface area (Å²) >= 11 is 0. The minimum absolute atomic E-state index is 0.0401. The van der Waals surface area contributed by atoms with E-state index < -0.39 is 0 Å². The number of carbonyl (C=O) groups excluding carboxylic acids is 1. The molecule has 2 N–H and O–H groups in total. The van der Waals surface area contributed by atoms with Gasteiger partial charge in [-0.05, 0) is 14.0 Å². The molecular weight excluding hydrogens is 180 g/mol. The van der Waals surface area contributed by atoms with Gasteiger partial charge in [-0.15, -0.1) is 0 Å². The molecule has 0 saturated heterocycles. The van der Waals surface area contributed by atoms with Crippen molar-refractivity contribution in [2.45, 2.75) is 19.4 Å². The molecule has 0 radical (unpaired) electrons. The highest BCUT2D eigenvalue weighted by atomic mass is 16.1. The molecule has 76 valence electrons. The predicted octanol–water partition coefficient (Wildman–Crippen LogP) is 0.413. The molecular formula is C9H14N4O. The van der Waals surface area contributed by atoms with Gasteiger partial charge in [0, 0.05) is 12.5 Å². The van der Waals surface area contributed by atoms with Gasteiger partial charge in [-0.2, -0.15) is 0 Å². The lowest BCUT2D eigenvalue weighted by atomic mass is 10.2. The van der Waals surface area contributed by atoms with E-state index in [1.54, 1.807) is 12.4 Å². The van der Waals surface area contributed by atoms with Gasteiger partial charge in [0.15, 0.2) is 0 Å². The van der Waals surface area contributed by atoms with Crippen LogP contribution in [0.5, 0.6) is 0 Å². The number of nitrogens with zero attached hydrogens (tertiary/aromatic N) is 2. The Kier molecular flexibility index (Phi) is 4.00. The van der Waals surface area contributed by atoms with Crippen LogP contribution >= 0.6 is 0 Å². The fraction of sp³-hybridized carbons (Fsp3) is 0.444. The fourth-order valence-electron chi connectivity index (χ4n) is 0.956. The monoisotopic (exact) mass is 194 g/mol. The molecule has 1 aromatic heterocycles. The zero-order valence-electron chi connectivity index (χ0n) is 8.32. The Morgan fingerprint density at radius 2 is 2.14 bits per heavy atom. The van der Waals surface area contributed by atoms with E-state index in [0.29, 0.717) is 12.1 Å². The third kappa shape index (κ3) is 3.49. The van der Waals surface area contributed by atoms with Gasteiger partial charge in [0.1, 0.15) is 6.33 Å². The molecule has 1 aromatic rings. The quantitative estimate of drug-likeness (QED) is 0.728. The maximum absolute atomic E-state index is 11.4. The van der Waals surface area contributed by atoms with E-state index in [1.165, 1.54) is 6.33 Å². The van der Waals surface area contributed by atoms with Crippen molar-refractivity contribution in [1.29, 1.82) is 0 Å². The summed E-state index contributed by atoms with van der Waals surface area (Å²) in [7, 11) is 1.82. The Morgan fingerprint density at radius 1 is 1.50 bits per heavy atom. The standard InChI is InChI=1S/C9H14N4O/c1-7(10-2)3-9(14)13-8-4-11-6-12-5-8/h4-7,10H,3H2,1-2H3,(H,13,14). The summed E-state index contributed by atoms with van der Waals surface area (Å²) in [6.45, 7) is 1.95. The Morgan fingerprint density at radius 3 is 2.71 bits per heavy atom.